The van der Waals surface area contributed by atoms with Gasteiger partial charge >= 0.3 is 0 Å². The molecule has 0 radical (unpaired) electrons. The zero-order valence-electron chi connectivity index (χ0n) is 16.5. The minimum absolute atomic E-state index is 0.151. The molecule has 0 spiro atoms. The minimum Gasteiger partial charge on any atom is -0.487 e. The fourth-order valence-corrected chi connectivity index (χ4v) is 3.77. The van der Waals surface area contributed by atoms with Crippen molar-refractivity contribution in [3.05, 3.63) is 58.9 Å². The fourth-order valence-electron chi connectivity index (χ4n) is 3.55. The normalized spacial score (nSPS) is 16.8. The van der Waals surface area contributed by atoms with E-state index in [9.17, 15) is 9.18 Å². The molecule has 29 heavy (non-hydrogen) atoms. The summed E-state index contributed by atoms with van der Waals surface area (Å²) < 4.78 is 29.6. The second kappa shape index (κ2) is 9.57. The average Bonchev–Trinajstić information content (AvgIpc) is 2.71. The summed E-state index contributed by atoms with van der Waals surface area (Å²) in [6.45, 7) is 3.26. The molecule has 1 aliphatic rings. The molecule has 0 aliphatic carbocycles. The van der Waals surface area contributed by atoms with E-state index in [1.165, 1.54) is 12.1 Å². The molecule has 7 heteroatoms. The van der Waals surface area contributed by atoms with Crippen molar-refractivity contribution in [2.45, 2.75) is 31.3 Å². The lowest BCUT2D eigenvalue weighted by molar-refractivity contribution is -0.125. The van der Waals surface area contributed by atoms with E-state index in [1.54, 1.807) is 37.4 Å². The molecule has 0 saturated carbocycles. The van der Waals surface area contributed by atoms with Crippen molar-refractivity contribution < 1.29 is 23.4 Å². The van der Waals surface area contributed by atoms with Gasteiger partial charge in [0.2, 0.25) is 5.91 Å². The number of methoxy groups -OCH3 is 1. The number of benzene rings is 2. The molecule has 1 amide bonds. The molecule has 2 aromatic carbocycles. The van der Waals surface area contributed by atoms with Gasteiger partial charge < -0.3 is 19.5 Å². The topological polar surface area (TPSA) is 56.8 Å². The molecule has 3 rings (SSSR count). The summed E-state index contributed by atoms with van der Waals surface area (Å²) in [7, 11) is 1.60. The number of rotatable bonds is 7. The van der Waals surface area contributed by atoms with E-state index in [-0.39, 0.29) is 17.8 Å². The Bertz CT molecular complexity index is 837. The average molecular weight is 422 g/mol. The molecule has 0 unspecified atom stereocenters. The Kier molecular flexibility index (Phi) is 7.11. The molecular weight excluding hydrogens is 397 g/mol. The Balaban J connectivity index is 1.79. The molecule has 1 aliphatic heterocycles. The third-order valence-corrected chi connectivity index (χ3v) is 5.39. The van der Waals surface area contributed by atoms with Crippen LogP contribution in [-0.4, -0.2) is 38.9 Å². The van der Waals surface area contributed by atoms with Gasteiger partial charge in [0.15, 0.2) is 0 Å². The van der Waals surface area contributed by atoms with Crippen LogP contribution in [0.5, 0.6) is 5.75 Å². The van der Waals surface area contributed by atoms with Gasteiger partial charge in [-0.1, -0.05) is 23.7 Å². The maximum Gasteiger partial charge on any atom is 0.235 e. The second-order valence-electron chi connectivity index (χ2n) is 7.18. The van der Waals surface area contributed by atoms with Crippen LogP contribution in [0.3, 0.4) is 0 Å². The summed E-state index contributed by atoms with van der Waals surface area (Å²) in [6, 6.07) is 11.2. The van der Waals surface area contributed by atoms with Crippen LogP contribution in [-0.2, 0) is 19.7 Å². The minimum atomic E-state index is -0.777. The molecule has 1 heterocycles. The van der Waals surface area contributed by atoms with Gasteiger partial charge in [-0.25, -0.2) is 4.39 Å². The molecule has 156 valence electrons. The van der Waals surface area contributed by atoms with Crippen LogP contribution in [0, 0.1) is 5.82 Å². The maximum absolute atomic E-state index is 13.4. The SMILES string of the molecule is COC[C@@H](C)Oc1ccc(NC(=O)C2(c3ccc(F)cc3)CCOCC2)cc1Cl. The Morgan fingerprint density at radius 3 is 2.55 bits per heavy atom. The van der Waals surface area contributed by atoms with E-state index in [0.717, 1.165) is 5.56 Å². The number of amides is 1. The Morgan fingerprint density at radius 2 is 1.93 bits per heavy atom. The standard InChI is InChI=1S/C22H25ClFNO4/c1-15(14-27-2)29-20-8-7-18(13-19(20)23)25-21(26)22(9-11-28-12-10-22)16-3-5-17(24)6-4-16/h3-8,13,15H,9-12,14H2,1-2H3,(H,25,26)/t15-/m1/s1. The van der Waals surface area contributed by atoms with Gasteiger partial charge in [-0.2, -0.15) is 0 Å². The molecule has 0 aromatic heterocycles. The number of hydrogen-bond acceptors (Lipinski definition) is 4. The van der Waals surface area contributed by atoms with Crippen LogP contribution in [0.2, 0.25) is 5.02 Å². The third kappa shape index (κ3) is 5.07. The summed E-state index contributed by atoms with van der Waals surface area (Å²) >= 11 is 6.33. The monoisotopic (exact) mass is 421 g/mol. The molecule has 2 aromatic rings. The highest BCUT2D eigenvalue weighted by atomic mass is 35.5. The van der Waals surface area contributed by atoms with E-state index in [1.807, 2.05) is 6.92 Å². The highest BCUT2D eigenvalue weighted by molar-refractivity contribution is 6.32. The largest absolute Gasteiger partial charge is 0.487 e. The van der Waals surface area contributed by atoms with Crippen LogP contribution in [0.1, 0.15) is 25.3 Å². The number of halogens is 2. The third-order valence-electron chi connectivity index (χ3n) is 5.10. The van der Waals surface area contributed by atoms with Gasteiger partial charge in [0.1, 0.15) is 17.7 Å². The smallest absolute Gasteiger partial charge is 0.235 e. The number of carbonyl (C=O) groups is 1. The summed E-state index contributed by atoms with van der Waals surface area (Å²) in [5.41, 5.74) is 0.569. The van der Waals surface area contributed by atoms with Crippen LogP contribution < -0.4 is 10.1 Å². The molecule has 1 N–H and O–H groups in total. The first-order valence-electron chi connectivity index (χ1n) is 9.55. The van der Waals surface area contributed by atoms with Crippen molar-refractivity contribution in [2.24, 2.45) is 0 Å². The van der Waals surface area contributed by atoms with Gasteiger partial charge in [0, 0.05) is 26.0 Å². The highest BCUT2D eigenvalue weighted by Crippen LogP contribution is 2.37. The van der Waals surface area contributed by atoms with E-state index >= 15 is 0 Å². The van der Waals surface area contributed by atoms with Gasteiger partial charge in [-0.05, 0) is 55.7 Å². The number of ether oxygens (including phenoxy) is 3. The summed E-state index contributed by atoms with van der Waals surface area (Å²) in [4.78, 5) is 13.3. The lowest BCUT2D eigenvalue weighted by atomic mass is 9.73. The van der Waals surface area contributed by atoms with Crippen molar-refractivity contribution in [3.8, 4) is 5.75 Å². The van der Waals surface area contributed by atoms with Crippen LogP contribution in [0.4, 0.5) is 10.1 Å². The molecule has 1 atom stereocenters. The van der Waals surface area contributed by atoms with Crippen molar-refractivity contribution in [1.29, 1.82) is 0 Å². The molecular formula is C22H25ClFNO4. The van der Waals surface area contributed by atoms with Crippen molar-refractivity contribution in [2.75, 3.05) is 32.2 Å². The van der Waals surface area contributed by atoms with Crippen LogP contribution >= 0.6 is 11.6 Å². The van der Waals surface area contributed by atoms with Crippen molar-refractivity contribution >= 4 is 23.2 Å². The van der Waals surface area contributed by atoms with E-state index < -0.39 is 5.41 Å². The summed E-state index contributed by atoms with van der Waals surface area (Å²) in [5.74, 6) is 0.0277. The Labute approximate surface area is 175 Å². The van der Waals surface area contributed by atoms with Gasteiger partial charge in [0.05, 0.1) is 17.0 Å². The number of anilines is 1. The molecule has 1 saturated heterocycles. The second-order valence-corrected chi connectivity index (χ2v) is 7.59. The number of carbonyl (C=O) groups excluding carboxylic acids is 1. The zero-order valence-corrected chi connectivity index (χ0v) is 17.3. The van der Waals surface area contributed by atoms with Gasteiger partial charge in [-0.3, -0.25) is 4.79 Å². The first-order valence-corrected chi connectivity index (χ1v) is 9.93. The summed E-state index contributed by atoms with van der Waals surface area (Å²) in [5, 5.41) is 3.36. The Morgan fingerprint density at radius 1 is 1.24 bits per heavy atom. The van der Waals surface area contributed by atoms with Gasteiger partial charge in [-0.15, -0.1) is 0 Å². The number of hydrogen-bond donors (Lipinski definition) is 1. The highest BCUT2D eigenvalue weighted by Gasteiger charge is 2.41. The van der Waals surface area contributed by atoms with Gasteiger partial charge in [0.25, 0.3) is 0 Å². The van der Waals surface area contributed by atoms with Crippen LogP contribution in [0.25, 0.3) is 0 Å². The van der Waals surface area contributed by atoms with Crippen molar-refractivity contribution in [3.63, 3.8) is 0 Å². The predicted molar refractivity (Wildman–Crippen MR) is 110 cm³/mol. The molecule has 1 fully saturated rings. The van der Waals surface area contributed by atoms with Crippen LogP contribution in [0.15, 0.2) is 42.5 Å². The molecule has 5 nitrogen and oxygen atoms in total. The zero-order chi connectivity index (χ0) is 20.9. The maximum atomic E-state index is 13.4. The lowest BCUT2D eigenvalue weighted by Gasteiger charge is -2.36. The fraction of sp³-hybridized carbons (Fsp3) is 0.409. The van der Waals surface area contributed by atoms with Crippen molar-refractivity contribution in [1.82, 2.24) is 0 Å². The first-order chi connectivity index (χ1) is 13.9. The van der Waals surface area contributed by atoms with E-state index in [4.69, 9.17) is 25.8 Å². The number of nitrogens with one attached hydrogen (secondary N) is 1. The molecule has 0 bridgehead atoms. The first kappa shape index (κ1) is 21.6. The van der Waals surface area contributed by atoms with E-state index in [0.29, 0.717) is 49.1 Å². The summed E-state index contributed by atoms with van der Waals surface area (Å²) in [6.07, 6.45) is 0.893. The Hall–Kier alpha value is -2.15. The predicted octanol–water partition coefficient (Wildman–Crippen LogP) is 4.58. The quantitative estimate of drug-likeness (QED) is 0.711. The lowest BCUT2D eigenvalue weighted by Crippen LogP contribution is -2.44. The van der Waals surface area contributed by atoms with E-state index in [2.05, 4.69) is 5.32 Å².